The largest absolute Gasteiger partial charge is 0.383 e. The van der Waals surface area contributed by atoms with Crippen molar-refractivity contribution in [2.75, 3.05) is 49.9 Å². The van der Waals surface area contributed by atoms with Gasteiger partial charge in [0.25, 0.3) is 0 Å². The van der Waals surface area contributed by atoms with Crippen molar-refractivity contribution >= 4 is 41.0 Å². The van der Waals surface area contributed by atoms with E-state index in [2.05, 4.69) is 26.2 Å². The molecule has 206 valence electrons. The predicted octanol–water partition coefficient (Wildman–Crippen LogP) is 2.24. The van der Waals surface area contributed by atoms with Gasteiger partial charge in [-0.3, -0.25) is 9.59 Å². The molecule has 3 rings (SSSR count). The van der Waals surface area contributed by atoms with Crippen LogP contribution in [0.15, 0.2) is 24.3 Å². The molecule has 0 saturated carbocycles. The Balaban J connectivity index is 1.46. The summed E-state index contributed by atoms with van der Waals surface area (Å²) in [7, 11) is 0. The van der Waals surface area contributed by atoms with Crippen LogP contribution in [0.5, 0.6) is 0 Å². The number of rotatable bonds is 12. The van der Waals surface area contributed by atoms with Crippen LogP contribution in [0, 0.1) is 0 Å². The Morgan fingerprint density at radius 3 is 2.41 bits per heavy atom. The molecule has 2 heterocycles. The molecule has 2 saturated heterocycles. The minimum atomic E-state index is -0.809. The summed E-state index contributed by atoms with van der Waals surface area (Å²) >= 11 is 1.43. The number of urea groups is 1. The van der Waals surface area contributed by atoms with Crippen molar-refractivity contribution in [1.29, 1.82) is 0 Å². The fourth-order valence-electron chi connectivity index (χ4n) is 4.39. The number of hydrogen-bond donors (Lipinski definition) is 5. The minimum absolute atomic E-state index is 0.0214. The van der Waals surface area contributed by atoms with Crippen molar-refractivity contribution in [3.8, 4) is 0 Å². The summed E-state index contributed by atoms with van der Waals surface area (Å²) in [5.41, 5.74) is 7.49. The first-order chi connectivity index (χ1) is 17.6. The van der Waals surface area contributed by atoms with Gasteiger partial charge in [-0.25, -0.2) is 4.79 Å². The van der Waals surface area contributed by atoms with Crippen molar-refractivity contribution in [3.63, 3.8) is 0 Å². The van der Waals surface area contributed by atoms with Crippen molar-refractivity contribution < 1.29 is 14.4 Å². The van der Waals surface area contributed by atoms with Gasteiger partial charge in [0.1, 0.15) is 16.7 Å². The van der Waals surface area contributed by atoms with E-state index in [-0.39, 0.29) is 28.6 Å². The summed E-state index contributed by atoms with van der Waals surface area (Å²) in [6, 6.07) is 6.35. The van der Waals surface area contributed by atoms with Gasteiger partial charge in [0.2, 0.25) is 11.8 Å². The molecule has 3 atom stereocenters. The second-order valence-corrected chi connectivity index (χ2v) is 11.6. The lowest BCUT2D eigenvalue weighted by Gasteiger charge is -2.31. The molecule has 1 aromatic carbocycles. The molecule has 4 amide bonds. The van der Waals surface area contributed by atoms with Crippen LogP contribution in [-0.2, 0) is 9.59 Å². The predicted molar refractivity (Wildman–Crippen MR) is 151 cm³/mol. The zero-order chi connectivity index (χ0) is 27.0. The molecule has 1 aromatic rings. The summed E-state index contributed by atoms with van der Waals surface area (Å²) in [4.78, 5) is 41.9. The lowest BCUT2D eigenvalue weighted by molar-refractivity contribution is -0.131. The number of thioether (sulfide) groups is 1. The highest BCUT2D eigenvalue weighted by molar-refractivity contribution is 8.01. The second kappa shape index (κ2) is 13.3. The summed E-state index contributed by atoms with van der Waals surface area (Å²) in [6.07, 6.45) is 3.25. The number of anilines is 2. The summed E-state index contributed by atoms with van der Waals surface area (Å²) < 4.78 is 0. The van der Waals surface area contributed by atoms with Gasteiger partial charge in [-0.15, -0.1) is 11.8 Å². The highest BCUT2D eigenvalue weighted by atomic mass is 32.2. The van der Waals surface area contributed by atoms with E-state index in [9.17, 15) is 14.4 Å². The van der Waals surface area contributed by atoms with E-state index in [1.54, 1.807) is 4.90 Å². The first-order valence-corrected chi connectivity index (χ1v) is 14.2. The maximum absolute atomic E-state index is 13.0. The van der Waals surface area contributed by atoms with Gasteiger partial charge in [-0.2, -0.15) is 0 Å². The van der Waals surface area contributed by atoms with Crippen LogP contribution in [0.3, 0.4) is 0 Å². The Morgan fingerprint density at radius 1 is 1.14 bits per heavy atom. The zero-order valence-corrected chi connectivity index (χ0v) is 23.3. The van der Waals surface area contributed by atoms with Crippen LogP contribution in [-0.4, -0.2) is 89.1 Å². The van der Waals surface area contributed by atoms with Crippen molar-refractivity contribution in [2.45, 2.75) is 69.2 Å². The number of hydrogen-bond acceptors (Lipinski definition) is 7. The summed E-state index contributed by atoms with van der Waals surface area (Å²) in [5.74, 6) is -0.265. The lowest BCUT2D eigenvalue weighted by atomic mass is 10.0. The molecular formula is C26H43N7O3S. The summed E-state index contributed by atoms with van der Waals surface area (Å²) in [5, 5.41) is 11.3. The average molecular weight is 534 g/mol. The third kappa shape index (κ3) is 8.24. The Labute approximate surface area is 224 Å². The van der Waals surface area contributed by atoms with Crippen LogP contribution in [0.4, 0.5) is 16.2 Å². The third-order valence-electron chi connectivity index (χ3n) is 7.01. The SMILES string of the molecule is CCN1C(=O)[C@@H](CNc2ccc(NC(=O)NCCN3CCCC3)cc2)SC1[C@H](N)C(=O)NC(C)(C)CC. The van der Waals surface area contributed by atoms with Crippen molar-refractivity contribution in [2.24, 2.45) is 5.73 Å². The van der Waals surface area contributed by atoms with E-state index >= 15 is 0 Å². The van der Waals surface area contributed by atoms with Gasteiger partial charge >= 0.3 is 6.03 Å². The number of benzene rings is 1. The molecule has 10 nitrogen and oxygen atoms in total. The molecule has 0 spiro atoms. The van der Waals surface area contributed by atoms with Gasteiger partial charge in [0, 0.05) is 43.1 Å². The topological polar surface area (TPSA) is 132 Å². The molecular weight excluding hydrogens is 490 g/mol. The fourth-order valence-corrected chi connectivity index (χ4v) is 5.85. The highest BCUT2D eigenvalue weighted by Crippen LogP contribution is 2.33. The number of likely N-dealkylation sites (N-methyl/N-ethyl adjacent to an activating group) is 1. The number of carbonyl (C=O) groups excluding carboxylic acids is 3. The first-order valence-electron chi connectivity index (χ1n) is 13.3. The van der Waals surface area contributed by atoms with Crippen LogP contribution >= 0.6 is 11.8 Å². The molecule has 0 aliphatic carbocycles. The number of nitrogens with two attached hydrogens (primary N) is 1. The quantitative estimate of drug-likeness (QED) is 0.278. The Hall–Kier alpha value is -2.50. The Kier molecular flexibility index (Phi) is 10.5. The van der Waals surface area contributed by atoms with Crippen LogP contribution in [0.2, 0.25) is 0 Å². The number of likely N-dealkylation sites (tertiary alicyclic amines) is 1. The molecule has 0 bridgehead atoms. The molecule has 1 unspecified atom stereocenters. The monoisotopic (exact) mass is 533 g/mol. The smallest absolute Gasteiger partial charge is 0.319 e. The molecule has 0 aromatic heterocycles. The van der Waals surface area contributed by atoms with Gasteiger partial charge in [0.05, 0.1) is 0 Å². The van der Waals surface area contributed by atoms with E-state index in [1.807, 2.05) is 52.0 Å². The maximum Gasteiger partial charge on any atom is 0.319 e. The van der Waals surface area contributed by atoms with Crippen LogP contribution in [0.25, 0.3) is 0 Å². The number of nitrogens with zero attached hydrogens (tertiary/aromatic N) is 2. The molecule has 6 N–H and O–H groups in total. The molecule has 2 fully saturated rings. The standard InChI is InChI=1S/C26H43N7O3S/c1-5-26(3,4)31-22(34)21(27)24-33(6-2)23(35)20(37-24)17-29-18-9-11-19(12-10-18)30-25(36)28-13-16-32-14-7-8-15-32/h9-12,20-21,24,29H,5-8,13-17,27H2,1-4H3,(H,31,34)(H2,28,30,36)/t20-,21-,24?/m1/s1. The molecule has 0 radical (unpaired) electrons. The second-order valence-electron chi connectivity index (χ2n) is 10.3. The first kappa shape index (κ1) is 29.1. The third-order valence-corrected chi connectivity index (χ3v) is 8.54. The van der Waals surface area contributed by atoms with Crippen molar-refractivity contribution in [1.82, 2.24) is 20.4 Å². The number of nitrogens with one attached hydrogen (secondary N) is 4. The van der Waals surface area contributed by atoms with Gasteiger partial charge in [-0.1, -0.05) is 6.92 Å². The van der Waals surface area contributed by atoms with Gasteiger partial charge in [-0.05, 0) is 77.4 Å². The van der Waals surface area contributed by atoms with E-state index in [4.69, 9.17) is 5.73 Å². The van der Waals surface area contributed by atoms with E-state index in [1.165, 1.54) is 24.6 Å². The molecule has 37 heavy (non-hydrogen) atoms. The van der Waals surface area contributed by atoms with Crippen LogP contribution in [0.1, 0.15) is 47.0 Å². The van der Waals surface area contributed by atoms with E-state index in [0.717, 1.165) is 31.7 Å². The Morgan fingerprint density at radius 2 is 1.78 bits per heavy atom. The normalized spacial score (nSPS) is 21.1. The van der Waals surface area contributed by atoms with E-state index in [0.29, 0.717) is 25.3 Å². The molecule has 2 aliphatic rings. The van der Waals surface area contributed by atoms with Gasteiger partial charge < -0.3 is 36.8 Å². The van der Waals surface area contributed by atoms with Crippen LogP contribution < -0.4 is 27.0 Å². The maximum atomic E-state index is 13.0. The number of carbonyl (C=O) groups is 3. The fraction of sp³-hybridized carbons (Fsp3) is 0.654. The average Bonchev–Trinajstić information content (AvgIpc) is 3.50. The summed E-state index contributed by atoms with van der Waals surface area (Å²) in [6.45, 7) is 12.4. The Bertz CT molecular complexity index is 921. The molecule has 11 heteroatoms. The molecule has 2 aliphatic heterocycles. The zero-order valence-electron chi connectivity index (χ0n) is 22.5. The van der Waals surface area contributed by atoms with Crippen molar-refractivity contribution in [3.05, 3.63) is 24.3 Å². The van der Waals surface area contributed by atoms with Gasteiger partial charge in [0.15, 0.2) is 0 Å². The highest BCUT2D eigenvalue weighted by Gasteiger charge is 2.44. The minimum Gasteiger partial charge on any atom is -0.383 e. The lowest BCUT2D eigenvalue weighted by Crippen LogP contribution is -2.56. The number of amides is 4. The van der Waals surface area contributed by atoms with E-state index < -0.39 is 11.4 Å².